The fourth-order valence-electron chi connectivity index (χ4n) is 3.05. The first kappa shape index (κ1) is 16.7. The van der Waals surface area contributed by atoms with Crippen molar-refractivity contribution in [3.63, 3.8) is 0 Å². The molecule has 1 aromatic carbocycles. The van der Waals surface area contributed by atoms with E-state index in [1.807, 2.05) is 0 Å². The SMILES string of the molecule is CC(C)CC1CNC(C)(C)CN1Cc1ccc(Cl)cc1F. The van der Waals surface area contributed by atoms with Crippen molar-refractivity contribution in [1.29, 1.82) is 0 Å². The fourth-order valence-corrected chi connectivity index (χ4v) is 3.20. The molecule has 1 fully saturated rings. The average molecular weight is 313 g/mol. The number of benzene rings is 1. The molecule has 1 N–H and O–H groups in total. The minimum absolute atomic E-state index is 0.0659. The molecular weight excluding hydrogens is 287 g/mol. The molecule has 0 saturated carbocycles. The van der Waals surface area contributed by atoms with Crippen LogP contribution in [0.25, 0.3) is 0 Å². The quantitative estimate of drug-likeness (QED) is 0.901. The molecule has 0 aliphatic carbocycles. The van der Waals surface area contributed by atoms with Crippen molar-refractivity contribution in [3.05, 3.63) is 34.6 Å². The van der Waals surface area contributed by atoms with Crippen LogP contribution in [0.1, 0.15) is 39.7 Å². The van der Waals surface area contributed by atoms with E-state index in [0.717, 1.165) is 25.1 Å². The van der Waals surface area contributed by atoms with Crippen molar-refractivity contribution in [3.8, 4) is 0 Å². The zero-order valence-electron chi connectivity index (χ0n) is 13.4. The minimum Gasteiger partial charge on any atom is -0.309 e. The number of nitrogens with one attached hydrogen (secondary N) is 1. The van der Waals surface area contributed by atoms with Crippen LogP contribution in [0.15, 0.2) is 18.2 Å². The summed E-state index contributed by atoms with van der Waals surface area (Å²) in [6.45, 7) is 11.4. The molecule has 1 unspecified atom stereocenters. The fraction of sp³-hybridized carbons (Fsp3) is 0.647. The Balaban J connectivity index is 2.15. The molecular formula is C17H26ClFN2. The predicted molar refractivity (Wildman–Crippen MR) is 87.1 cm³/mol. The maximum absolute atomic E-state index is 14.1. The average Bonchev–Trinajstić information content (AvgIpc) is 2.35. The highest BCUT2D eigenvalue weighted by Gasteiger charge is 2.32. The highest BCUT2D eigenvalue weighted by molar-refractivity contribution is 6.30. The predicted octanol–water partition coefficient (Wildman–Crippen LogP) is 4.08. The zero-order chi connectivity index (χ0) is 15.6. The Kier molecular flexibility index (Phi) is 5.29. The molecule has 0 bridgehead atoms. The summed E-state index contributed by atoms with van der Waals surface area (Å²) in [5, 5.41) is 4.05. The highest BCUT2D eigenvalue weighted by Crippen LogP contribution is 2.24. The standard InChI is InChI=1S/C17H26ClFN2/c1-12(2)7-15-9-20-17(3,4)11-21(15)10-13-5-6-14(18)8-16(13)19/h5-6,8,12,15,20H,7,9-11H2,1-4H3. The number of rotatable bonds is 4. The Morgan fingerprint density at radius 2 is 2.14 bits per heavy atom. The maximum atomic E-state index is 14.1. The molecule has 0 spiro atoms. The molecule has 21 heavy (non-hydrogen) atoms. The van der Waals surface area contributed by atoms with E-state index >= 15 is 0 Å². The summed E-state index contributed by atoms with van der Waals surface area (Å²) >= 11 is 5.84. The Hall–Kier alpha value is -0.640. The minimum atomic E-state index is -0.206. The summed E-state index contributed by atoms with van der Waals surface area (Å²) in [6, 6.07) is 5.43. The first-order valence-corrected chi connectivity index (χ1v) is 8.07. The molecule has 0 amide bonds. The van der Waals surface area contributed by atoms with E-state index in [4.69, 9.17) is 11.6 Å². The Bertz CT molecular complexity index is 488. The monoisotopic (exact) mass is 312 g/mol. The van der Waals surface area contributed by atoms with Crippen molar-refractivity contribution in [1.82, 2.24) is 10.2 Å². The Morgan fingerprint density at radius 1 is 1.43 bits per heavy atom. The van der Waals surface area contributed by atoms with Crippen LogP contribution < -0.4 is 5.32 Å². The molecule has 118 valence electrons. The first-order valence-electron chi connectivity index (χ1n) is 7.70. The van der Waals surface area contributed by atoms with Gasteiger partial charge in [-0.05, 0) is 38.3 Å². The van der Waals surface area contributed by atoms with Crippen LogP contribution >= 0.6 is 11.6 Å². The van der Waals surface area contributed by atoms with Crippen molar-refractivity contribution in [2.24, 2.45) is 5.92 Å². The molecule has 1 aromatic rings. The maximum Gasteiger partial charge on any atom is 0.129 e. The third-order valence-corrected chi connectivity index (χ3v) is 4.30. The number of piperazine rings is 1. The largest absolute Gasteiger partial charge is 0.309 e. The highest BCUT2D eigenvalue weighted by atomic mass is 35.5. The van der Waals surface area contributed by atoms with Gasteiger partial charge in [0.15, 0.2) is 0 Å². The number of hydrogen-bond donors (Lipinski definition) is 1. The molecule has 2 rings (SSSR count). The van der Waals surface area contributed by atoms with E-state index in [1.54, 1.807) is 12.1 Å². The van der Waals surface area contributed by atoms with Gasteiger partial charge in [0, 0.05) is 41.8 Å². The van der Waals surface area contributed by atoms with Gasteiger partial charge in [-0.15, -0.1) is 0 Å². The third kappa shape index (κ3) is 4.67. The van der Waals surface area contributed by atoms with Gasteiger partial charge in [0.2, 0.25) is 0 Å². The molecule has 1 heterocycles. The van der Waals surface area contributed by atoms with E-state index in [9.17, 15) is 4.39 Å². The molecule has 2 nitrogen and oxygen atoms in total. The van der Waals surface area contributed by atoms with Crippen molar-refractivity contribution >= 4 is 11.6 Å². The van der Waals surface area contributed by atoms with Gasteiger partial charge in [0.1, 0.15) is 5.82 Å². The Morgan fingerprint density at radius 3 is 2.76 bits per heavy atom. The molecule has 0 radical (unpaired) electrons. The van der Waals surface area contributed by atoms with E-state index in [2.05, 4.69) is 37.9 Å². The second-order valence-corrected chi connectivity index (χ2v) is 7.63. The van der Waals surface area contributed by atoms with Gasteiger partial charge in [-0.1, -0.05) is 31.5 Å². The molecule has 1 atom stereocenters. The van der Waals surface area contributed by atoms with Gasteiger partial charge in [0.05, 0.1) is 0 Å². The molecule has 1 aliphatic rings. The molecule has 1 aliphatic heterocycles. The zero-order valence-corrected chi connectivity index (χ0v) is 14.2. The van der Waals surface area contributed by atoms with Gasteiger partial charge in [-0.3, -0.25) is 4.90 Å². The number of hydrogen-bond acceptors (Lipinski definition) is 2. The van der Waals surface area contributed by atoms with E-state index in [0.29, 0.717) is 23.5 Å². The second kappa shape index (κ2) is 6.64. The lowest BCUT2D eigenvalue weighted by molar-refractivity contribution is 0.0750. The smallest absolute Gasteiger partial charge is 0.129 e. The van der Waals surface area contributed by atoms with Crippen molar-refractivity contribution < 1.29 is 4.39 Å². The Labute approximate surface area is 132 Å². The number of nitrogens with zero attached hydrogens (tertiary/aromatic N) is 1. The summed E-state index contributed by atoms with van der Waals surface area (Å²) in [6.07, 6.45) is 1.12. The first-order chi connectivity index (χ1) is 9.77. The molecule has 1 saturated heterocycles. The second-order valence-electron chi connectivity index (χ2n) is 7.19. The van der Waals surface area contributed by atoms with Crippen LogP contribution in [0.5, 0.6) is 0 Å². The van der Waals surface area contributed by atoms with Crippen molar-refractivity contribution in [2.45, 2.75) is 52.2 Å². The van der Waals surface area contributed by atoms with Gasteiger partial charge in [0.25, 0.3) is 0 Å². The van der Waals surface area contributed by atoms with Crippen molar-refractivity contribution in [2.75, 3.05) is 13.1 Å². The summed E-state index contributed by atoms with van der Waals surface area (Å²) in [7, 11) is 0. The summed E-state index contributed by atoms with van der Waals surface area (Å²) in [4.78, 5) is 2.41. The summed E-state index contributed by atoms with van der Waals surface area (Å²) in [5.74, 6) is 0.428. The van der Waals surface area contributed by atoms with Crippen LogP contribution in [-0.2, 0) is 6.54 Å². The van der Waals surface area contributed by atoms with Gasteiger partial charge >= 0.3 is 0 Å². The van der Waals surface area contributed by atoms with Crippen LogP contribution in [0.4, 0.5) is 4.39 Å². The lowest BCUT2D eigenvalue weighted by Gasteiger charge is -2.45. The van der Waals surface area contributed by atoms with E-state index < -0.39 is 0 Å². The lowest BCUT2D eigenvalue weighted by atomic mass is 9.93. The van der Waals surface area contributed by atoms with Gasteiger partial charge in [-0.2, -0.15) is 0 Å². The van der Waals surface area contributed by atoms with E-state index in [-0.39, 0.29) is 11.4 Å². The lowest BCUT2D eigenvalue weighted by Crippen LogP contribution is -2.61. The van der Waals surface area contributed by atoms with Crippen LogP contribution in [0.3, 0.4) is 0 Å². The molecule has 4 heteroatoms. The molecule has 0 aromatic heterocycles. The van der Waals surface area contributed by atoms with Gasteiger partial charge in [-0.25, -0.2) is 4.39 Å². The van der Waals surface area contributed by atoms with Crippen LogP contribution in [-0.4, -0.2) is 29.6 Å². The van der Waals surface area contributed by atoms with E-state index in [1.165, 1.54) is 6.07 Å². The van der Waals surface area contributed by atoms with Gasteiger partial charge < -0.3 is 5.32 Å². The topological polar surface area (TPSA) is 15.3 Å². The number of halogens is 2. The van der Waals surface area contributed by atoms with Crippen LogP contribution in [0.2, 0.25) is 5.02 Å². The summed E-state index contributed by atoms with van der Waals surface area (Å²) < 4.78 is 14.1. The van der Waals surface area contributed by atoms with Crippen LogP contribution in [0, 0.1) is 11.7 Å². The third-order valence-electron chi connectivity index (χ3n) is 4.06. The summed E-state index contributed by atoms with van der Waals surface area (Å²) in [5.41, 5.74) is 0.793. The normalized spacial score (nSPS) is 22.7.